The van der Waals surface area contributed by atoms with E-state index in [-0.39, 0.29) is 11.4 Å². The van der Waals surface area contributed by atoms with Crippen LogP contribution in [-0.4, -0.2) is 11.1 Å². The summed E-state index contributed by atoms with van der Waals surface area (Å²) in [4.78, 5) is 10.9. The molecule has 78 valence electrons. The third-order valence-electron chi connectivity index (χ3n) is 2.20. The van der Waals surface area contributed by atoms with Gasteiger partial charge in [0.2, 0.25) is 0 Å². The zero-order valence-corrected chi connectivity index (χ0v) is 9.01. The molecule has 0 aliphatic heterocycles. The monoisotopic (exact) mass is 223 g/mol. The van der Waals surface area contributed by atoms with Crippen LogP contribution in [-0.2, 0) is 12.3 Å². The molecule has 1 rings (SSSR count). The van der Waals surface area contributed by atoms with Gasteiger partial charge in [-0.25, -0.2) is 4.79 Å². The van der Waals surface area contributed by atoms with E-state index in [9.17, 15) is 4.79 Å². The maximum absolute atomic E-state index is 10.9. The molecule has 0 amide bonds. The van der Waals surface area contributed by atoms with Crippen LogP contribution < -0.4 is 0 Å². The Morgan fingerprint density at radius 3 is 2.60 bits per heavy atom. The van der Waals surface area contributed by atoms with Crippen LogP contribution in [0.3, 0.4) is 0 Å². The third kappa shape index (κ3) is 2.28. The van der Waals surface area contributed by atoms with Gasteiger partial charge in [0, 0.05) is 5.88 Å². The molecule has 15 heavy (non-hydrogen) atoms. The van der Waals surface area contributed by atoms with Gasteiger partial charge in [-0.05, 0) is 29.7 Å². The van der Waals surface area contributed by atoms with Gasteiger partial charge in [0.15, 0.2) is 0 Å². The lowest BCUT2D eigenvalue weighted by Crippen LogP contribution is -2.04. The van der Waals surface area contributed by atoms with Crippen LogP contribution in [0.1, 0.15) is 34.0 Å². The Balaban J connectivity index is 3.42. The molecule has 0 fully saturated rings. The number of hydrogen-bond donors (Lipinski definition) is 1. The van der Waals surface area contributed by atoms with E-state index in [0.29, 0.717) is 23.1 Å². The third-order valence-corrected chi connectivity index (χ3v) is 2.49. The molecule has 0 aliphatic rings. The zero-order valence-electron chi connectivity index (χ0n) is 8.25. The summed E-state index contributed by atoms with van der Waals surface area (Å²) in [6, 6.07) is 5.09. The number of benzene rings is 1. The molecule has 0 saturated carbocycles. The van der Waals surface area contributed by atoms with Gasteiger partial charge in [-0.2, -0.15) is 5.26 Å². The zero-order chi connectivity index (χ0) is 11.4. The summed E-state index contributed by atoms with van der Waals surface area (Å²) in [5.41, 5.74) is 1.90. The molecule has 1 aromatic carbocycles. The Morgan fingerprint density at radius 2 is 2.20 bits per heavy atom. The van der Waals surface area contributed by atoms with Crippen molar-refractivity contribution in [2.75, 3.05) is 0 Å². The van der Waals surface area contributed by atoms with E-state index in [1.165, 1.54) is 6.07 Å². The predicted octanol–water partition coefficient (Wildman–Crippen LogP) is 2.56. The molecule has 0 aliphatic carbocycles. The van der Waals surface area contributed by atoms with E-state index in [4.69, 9.17) is 22.0 Å². The first-order chi connectivity index (χ1) is 7.13. The lowest BCUT2D eigenvalue weighted by molar-refractivity contribution is 0.0695. The Hall–Kier alpha value is -1.53. The van der Waals surface area contributed by atoms with Crippen LogP contribution in [0.25, 0.3) is 0 Å². The quantitative estimate of drug-likeness (QED) is 0.801. The second-order valence-electron chi connectivity index (χ2n) is 3.07. The number of hydrogen-bond acceptors (Lipinski definition) is 2. The smallest absolute Gasteiger partial charge is 0.335 e. The maximum Gasteiger partial charge on any atom is 0.335 e. The fourth-order valence-electron chi connectivity index (χ4n) is 1.40. The molecule has 0 unspecified atom stereocenters. The number of nitriles is 1. The van der Waals surface area contributed by atoms with Crippen molar-refractivity contribution < 1.29 is 9.90 Å². The average Bonchev–Trinajstić information content (AvgIpc) is 2.26. The average molecular weight is 224 g/mol. The Labute approximate surface area is 92.9 Å². The summed E-state index contributed by atoms with van der Waals surface area (Å²) in [5.74, 6) is -0.838. The molecule has 0 radical (unpaired) electrons. The Morgan fingerprint density at radius 1 is 1.53 bits per heavy atom. The molecule has 0 bridgehead atoms. The summed E-state index contributed by atoms with van der Waals surface area (Å²) in [6.07, 6.45) is 0.582. The summed E-state index contributed by atoms with van der Waals surface area (Å²) in [5, 5.41) is 17.8. The van der Waals surface area contributed by atoms with E-state index in [1.807, 2.05) is 13.0 Å². The highest BCUT2D eigenvalue weighted by Gasteiger charge is 2.13. The SMILES string of the molecule is CCc1cc(C#N)c(CCl)cc1C(=O)O. The van der Waals surface area contributed by atoms with Crippen LogP contribution in [0, 0.1) is 11.3 Å². The highest BCUT2D eigenvalue weighted by molar-refractivity contribution is 6.17. The van der Waals surface area contributed by atoms with Crippen LogP contribution in [0.15, 0.2) is 12.1 Å². The van der Waals surface area contributed by atoms with Gasteiger partial charge < -0.3 is 5.11 Å². The standard InChI is InChI=1S/C11H10ClNO2/c1-2-7-3-9(6-13)8(5-12)4-10(7)11(14)15/h3-4H,2,5H2,1H3,(H,14,15). The second-order valence-corrected chi connectivity index (χ2v) is 3.34. The molecule has 0 heterocycles. The first kappa shape index (κ1) is 11.5. The minimum atomic E-state index is -0.984. The van der Waals surface area contributed by atoms with Crippen molar-refractivity contribution in [3.8, 4) is 6.07 Å². The highest BCUT2D eigenvalue weighted by atomic mass is 35.5. The molecule has 3 nitrogen and oxygen atoms in total. The van der Waals surface area contributed by atoms with Crippen molar-refractivity contribution in [2.24, 2.45) is 0 Å². The van der Waals surface area contributed by atoms with E-state index in [0.717, 1.165) is 0 Å². The summed E-state index contributed by atoms with van der Waals surface area (Å²) >= 11 is 5.64. The van der Waals surface area contributed by atoms with E-state index in [1.54, 1.807) is 6.07 Å². The molecule has 0 atom stereocenters. The van der Waals surface area contributed by atoms with Crippen molar-refractivity contribution in [3.63, 3.8) is 0 Å². The largest absolute Gasteiger partial charge is 0.478 e. The Kier molecular flexibility index (Phi) is 3.70. The minimum absolute atomic E-state index is 0.146. The number of carboxylic acid groups (broad SMARTS) is 1. The first-order valence-electron chi connectivity index (χ1n) is 4.49. The lowest BCUT2D eigenvalue weighted by atomic mass is 9.98. The molecule has 0 saturated heterocycles. The number of aromatic carboxylic acids is 1. The number of rotatable bonds is 3. The molecular weight excluding hydrogens is 214 g/mol. The molecule has 1 aromatic rings. The lowest BCUT2D eigenvalue weighted by Gasteiger charge is -2.07. The van der Waals surface area contributed by atoms with Crippen molar-refractivity contribution in [2.45, 2.75) is 19.2 Å². The second kappa shape index (κ2) is 4.81. The number of nitrogens with zero attached hydrogens (tertiary/aromatic N) is 1. The molecule has 0 aromatic heterocycles. The van der Waals surface area contributed by atoms with Gasteiger partial charge in [0.1, 0.15) is 0 Å². The number of carbonyl (C=O) groups is 1. The van der Waals surface area contributed by atoms with E-state index >= 15 is 0 Å². The van der Waals surface area contributed by atoms with E-state index < -0.39 is 5.97 Å². The minimum Gasteiger partial charge on any atom is -0.478 e. The van der Waals surface area contributed by atoms with Gasteiger partial charge in [0.05, 0.1) is 17.2 Å². The summed E-state index contributed by atoms with van der Waals surface area (Å²) in [7, 11) is 0. The fraction of sp³-hybridized carbons (Fsp3) is 0.273. The number of aryl methyl sites for hydroxylation is 1. The van der Waals surface area contributed by atoms with Crippen molar-refractivity contribution in [1.82, 2.24) is 0 Å². The normalized spacial score (nSPS) is 9.67. The summed E-state index contributed by atoms with van der Waals surface area (Å²) in [6.45, 7) is 1.85. The topological polar surface area (TPSA) is 61.1 Å². The van der Waals surface area contributed by atoms with Crippen LogP contribution in [0.2, 0.25) is 0 Å². The predicted molar refractivity (Wildman–Crippen MR) is 57.1 cm³/mol. The highest BCUT2D eigenvalue weighted by Crippen LogP contribution is 2.19. The van der Waals surface area contributed by atoms with Crippen molar-refractivity contribution in [3.05, 3.63) is 34.4 Å². The van der Waals surface area contributed by atoms with Gasteiger partial charge in [-0.15, -0.1) is 11.6 Å². The van der Waals surface area contributed by atoms with Crippen molar-refractivity contribution in [1.29, 1.82) is 5.26 Å². The number of carboxylic acids is 1. The molecule has 0 spiro atoms. The molecule has 1 N–H and O–H groups in total. The summed E-state index contributed by atoms with van der Waals surface area (Å²) < 4.78 is 0. The molecule has 4 heteroatoms. The van der Waals surface area contributed by atoms with Gasteiger partial charge >= 0.3 is 5.97 Å². The van der Waals surface area contributed by atoms with Crippen LogP contribution >= 0.6 is 11.6 Å². The number of halogens is 1. The first-order valence-corrected chi connectivity index (χ1v) is 5.02. The number of alkyl halides is 1. The molecular formula is C11H10ClNO2. The van der Waals surface area contributed by atoms with E-state index in [2.05, 4.69) is 0 Å². The van der Waals surface area contributed by atoms with Gasteiger partial charge in [0.25, 0.3) is 0 Å². The van der Waals surface area contributed by atoms with Crippen LogP contribution in [0.4, 0.5) is 0 Å². The van der Waals surface area contributed by atoms with Gasteiger partial charge in [-0.3, -0.25) is 0 Å². The fourth-order valence-corrected chi connectivity index (χ4v) is 1.62. The van der Waals surface area contributed by atoms with Crippen molar-refractivity contribution >= 4 is 17.6 Å². The van der Waals surface area contributed by atoms with Crippen LogP contribution in [0.5, 0.6) is 0 Å². The Bertz CT molecular complexity index is 435. The van der Waals surface area contributed by atoms with Gasteiger partial charge in [-0.1, -0.05) is 6.92 Å². The maximum atomic E-state index is 10.9.